The van der Waals surface area contributed by atoms with Gasteiger partial charge >= 0.3 is 0 Å². The van der Waals surface area contributed by atoms with Gasteiger partial charge in [0.15, 0.2) is 11.5 Å². The Hall–Kier alpha value is -1.22. The summed E-state index contributed by atoms with van der Waals surface area (Å²) in [5.74, 6) is 1.65. The third-order valence-corrected chi connectivity index (χ3v) is 3.39. The van der Waals surface area contributed by atoms with E-state index in [9.17, 15) is 0 Å². The molecule has 0 saturated heterocycles. The Kier molecular flexibility index (Phi) is 3.06. The van der Waals surface area contributed by atoms with Crippen molar-refractivity contribution in [1.82, 2.24) is 4.90 Å². The molecule has 3 nitrogen and oxygen atoms in total. The van der Waals surface area contributed by atoms with Gasteiger partial charge in [0.25, 0.3) is 0 Å². The van der Waals surface area contributed by atoms with Crippen molar-refractivity contribution < 1.29 is 9.47 Å². The summed E-state index contributed by atoms with van der Waals surface area (Å²) in [6.07, 6.45) is 1.08. The predicted octanol–water partition coefficient (Wildman–Crippen LogP) is 2.08. The van der Waals surface area contributed by atoms with Crippen LogP contribution >= 0.6 is 0 Å². The zero-order chi connectivity index (χ0) is 11.7. The smallest absolute Gasteiger partial charge is 0.161 e. The second-order valence-electron chi connectivity index (χ2n) is 4.44. The Morgan fingerprint density at radius 1 is 1.12 bits per heavy atom. The van der Waals surface area contributed by atoms with E-state index < -0.39 is 0 Å². The maximum absolute atomic E-state index is 5.33. The molecule has 0 amide bonds. The number of nitrogens with zero attached hydrogens (tertiary/aromatic N) is 1. The third-order valence-electron chi connectivity index (χ3n) is 3.39. The Morgan fingerprint density at radius 2 is 1.69 bits per heavy atom. The van der Waals surface area contributed by atoms with Gasteiger partial charge in [0.05, 0.1) is 14.2 Å². The van der Waals surface area contributed by atoms with Crippen molar-refractivity contribution >= 4 is 0 Å². The lowest BCUT2D eigenvalue weighted by Gasteiger charge is -2.32. The lowest BCUT2D eigenvalue weighted by atomic mass is 9.94. The van der Waals surface area contributed by atoms with E-state index in [0.717, 1.165) is 24.5 Å². The van der Waals surface area contributed by atoms with Gasteiger partial charge in [0.2, 0.25) is 0 Å². The van der Waals surface area contributed by atoms with Crippen LogP contribution in [0.2, 0.25) is 0 Å². The molecular formula is C13H19NO2. The molecule has 0 saturated carbocycles. The molecule has 1 heterocycles. The summed E-state index contributed by atoms with van der Waals surface area (Å²) in [5.41, 5.74) is 2.72. The molecule has 16 heavy (non-hydrogen) atoms. The van der Waals surface area contributed by atoms with Crippen molar-refractivity contribution in [1.29, 1.82) is 0 Å². The van der Waals surface area contributed by atoms with Gasteiger partial charge in [-0.25, -0.2) is 0 Å². The summed E-state index contributed by atoms with van der Waals surface area (Å²) in [6, 6.07) is 4.79. The maximum Gasteiger partial charge on any atom is 0.161 e. The van der Waals surface area contributed by atoms with Crippen molar-refractivity contribution in [3.63, 3.8) is 0 Å². The minimum atomic E-state index is 0.589. The van der Waals surface area contributed by atoms with Gasteiger partial charge in [-0.3, -0.25) is 4.90 Å². The summed E-state index contributed by atoms with van der Waals surface area (Å²) in [6.45, 7) is 3.23. The van der Waals surface area contributed by atoms with Gasteiger partial charge in [0.1, 0.15) is 0 Å². The molecular weight excluding hydrogens is 202 g/mol. The van der Waals surface area contributed by atoms with Gasteiger partial charge in [-0.2, -0.15) is 0 Å². The highest BCUT2D eigenvalue weighted by Crippen LogP contribution is 2.34. The molecule has 1 aromatic carbocycles. The van der Waals surface area contributed by atoms with Crippen LogP contribution in [0.3, 0.4) is 0 Å². The molecule has 2 rings (SSSR count). The summed E-state index contributed by atoms with van der Waals surface area (Å²) in [5, 5.41) is 0. The normalized spacial score (nSPS) is 20.4. The van der Waals surface area contributed by atoms with E-state index in [1.165, 1.54) is 11.1 Å². The fourth-order valence-corrected chi connectivity index (χ4v) is 2.20. The van der Waals surface area contributed by atoms with Crippen LogP contribution in [0.1, 0.15) is 18.1 Å². The molecule has 1 aliphatic rings. The first-order chi connectivity index (χ1) is 7.65. The zero-order valence-electron chi connectivity index (χ0n) is 10.4. The molecule has 1 atom stereocenters. The summed E-state index contributed by atoms with van der Waals surface area (Å²) >= 11 is 0. The first-order valence-electron chi connectivity index (χ1n) is 5.59. The average Bonchev–Trinajstić information content (AvgIpc) is 2.29. The highest BCUT2D eigenvalue weighted by molar-refractivity contribution is 5.48. The number of methoxy groups -OCH3 is 2. The molecule has 0 unspecified atom stereocenters. The molecule has 88 valence electrons. The molecule has 1 aromatic rings. The van der Waals surface area contributed by atoms with Crippen LogP contribution in [0.5, 0.6) is 11.5 Å². The van der Waals surface area contributed by atoms with Gasteiger partial charge in [-0.05, 0) is 43.7 Å². The van der Waals surface area contributed by atoms with Gasteiger partial charge in [0, 0.05) is 12.6 Å². The van der Waals surface area contributed by atoms with E-state index in [4.69, 9.17) is 9.47 Å². The topological polar surface area (TPSA) is 21.7 Å². The summed E-state index contributed by atoms with van der Waals surface area (Å²) in [4.78, 5) is 2.36. The van der Waals surface area contributed by atoms with Crippen LogP contribution in [0.25, 0.3) is 0 Å². The van der Waals surface area contributed by atoms with E-state index in [1.807, 2.05) is 0 Å². The molecule has 0 N–H and O–H groups in total. The molecule has 3 heteroatoms. The van der Waals surface area contributed by atoms with E-state index >= 15 is 0 Å². The Balaban J connectivity index is 2.41. The number of hydrogen-bond donors (Lipinski definition) is 0. The SMILES string of the molecule is COc1cc2c(cc1OC)CN(C)[C@H](C)C2. The summed E-state index contributed by atoms with van der Waals surface area (Å²) < 4.78 is 10.6. The van der Waals surface area contributed by atoms with Gasteiger partial charge in [-0.1, -0.05) is 0 Å². The number of likely N-dealkylation sites (N-methyl/N-ethyl adjacent to an activating group) is 1. The number of fused-ring (bicyclic) bond motifs is 1. The maximum atomic E-state index is 5.33. The second kappa shape index (κ2) is 4.34. The molecule has 0 spiro atoms. The van der Waals surface area contributed by atoms with Gasteiger partial charge < -0.3 is 9.47 Å². The molecule has 0 radical (unpaired) electrons. The van der Waals surface area contributed by atoms with Crippen molar-refractivity contribution in [2.24, 2.45) is 0 Å². The standard InChI is InChI=1S/C13H19NO2/c1-9-5-10-6-12(15-3)13(16-4)7-11(10)8-14(9)2/h6-7,9H,5,8H2,1-4H3/t9-/m1/s1. The number of hydrogen-bond acceptors (Lipinski definition) is 3. The molecule has 0 aliphatic carbocycles. The lowest BCUT2D eigenvalue weighted by molar-refractivity contribution is 0.230. The highest BCUT2D eigenvalue weighted by atomic mass is 16.5. The van der Waals surface area contributed by atoms with Crippen LogP contribution in [-0.4, -0.2) is 32.2 Å². The number of benzene rings is 1. The van der Waals surface area contributed by atoms with E-state index in [-0.39, 0.29) is 0 Å². The fourth-order valence-electron chi connectivity index (χ4n) is 2.20. The molecule has 1 aliphatic heterocycles. The van der Waals surface area contributed by atoms with E-state index in [0.29, 0.717) is 6.04 Å². The minimum Gasteiger partial charge on any atom is -0.493 e. The van der Waals surface area contributed by atoms with Crippen LogP contribution in [0.4, 0.5) is 0 Å². The zero-order valence-corrected chi connectivity index (χ0v) is 10.4. The molecule has 0 fully saturated rings. The van der Waals surface area contributed by atoms with Crippen molar-refractivity contribution in [3.8, 4) is 11.5 Å². The first-order valence-corrected chi connectivity index (χ1v) is 5.59. The molecule has 0 bridgehead atoms. The fraction of sp³-hybridized carbons (Fsp3) is 0.538. The Bertz CT molecular complexity index is 353. The second-order valence-corrected chi connectivity index (χ2v) is 4.44. The van der Waals surface area contributed by atoms with Crippen molar-refractivity contribution in [2.75, 3.05) is 21.3 Å². The van der Waals surface area contributed by atoms with Crippen LogP contribution < -0.4 is 9.47 Å². The highest BCUT2D eigenvalue weighted by Gasteiger charge is 2.21. The van der Waals surface area contributed by atoms with Crippen molar-refractivity contribution in [2.45, 2.75) is 25.9 Å². The van der Waals surface area contributed by atoms with Crippen LogP contribution in [-0.2, 0) is 13.0 Å². The predicted molar refractivity (Wildman–Crippen MR) is 64.2 cm³/mol. The van der Waals surface area contributed by atoms with E-state index in [1.54, 1.807) is 14.2 Å². The number of ether oxygens (including phenoxy) is 2. The Morgan fingerprint density at radius 3 is 2.25 bits per heavy atom. The lowest BCUT2D eigenvalue weighted by Crippen LogP contribution is -2.35. The van der Waals surface area contributed by atoms with Crippen molar-refractivity contribution in [3.05, 3.63) is 23.3 Å². The minimum absolute atomic E-state index is 0.589. The average molecular weight is 221 g/mol. The number of rotatable bonds is 2. The largest absolute Gasteiger partial charge is 0.493 e. The van der Waals surface area contributed by atoms with Crippen LogP contribution in [0, 0.1) is 0 Å². The van der Waals surface area contributed by atoms with Crippen LogP contribution in [0.15, 0.2) is 12.1 Å². The third kappa shape index (κ3) is 1.87. The monoisotopic (exact) mass is 221 g/mol. The van der Waals surface area contributed by atoms with E-state index in [2.05, 4.69) is 31.0 Å². The summed E-state index contributed by atoms with van der Waals surface area (Å²) in [7, 11) is 5.52. The quantitative estimate of drug-likeness (QED) is 0.763. The molecule has 0 aromatic heterocycles. The van der Waals surface area contributed by atoms with Gasteiger partial charge in [-0.15, -0.1) is 0 Å². The Labute approximate surface area is 97.0 Å². The first kappa shape index (κ1) is 11.3.